The van der Waals surface area contributed by atoms with Gasteiger partial charge in [-0.1, -0.05) is 105 Å². The molecule has 4 aromatic rings. The molecule has 1 aliphatic heterocycles. The largest absolute Gasteiger partial charge is 0.313 e. The topological polar surface area (TPSA) is 12.0 Å². The summed E-state index contributed by atoms with van der Waals surface area (Å²) in [6, 6.07) is 28.7. The summed E-state index contributed by atoms with van der Waals surface area (Å²) in [7, 11) is 0. The highest BCUT2D eigenvalue weighted by Crippen LogP contribution is 2.43. The zero-order chi connectivity index (χ0) is 29.0. The Kier molecular flexibility index (Phi) is 9.37. The van der Waals surface area contributed by atoms with E-state index in [1.807, 2.05) is 13.8 Å². The smallest absolute Gasteiger partial charge is 0.0353 e. The number of nitrogens with one attached hydrogen (secondary N) is 1. The zero-order valence-corrected chi connectivity index (χ0v) is 26.3. The molecule has 1 saturated heterocycles. The van der Waals surface area contributed by atoms with E-state index in [2.05, 4.69) is 127 Å². The molecule has 1 nitrogen and oxygen atoms in total. The van der Waals surface area contributed by atoms with Crippen molar-refractivity contribution in [3.05, 3.63) is 117 Å². The second kappa shape index (κ2) is 12.6. The molecule has 0 aromatic heterocycles. The Bertz CT molecular complexity index is 1290. The maximum atomic E-state index is 3.89. The van der Waals surface area contributed by atoms with Gasteiger partial charge in [-0.2, -0.15) is 0 Å². The van der Waals surface area contributed by atoms with Crippen LogP contribution in [0.1, 0.15) is 84.5 Å². The first-order chi connectivity index (χ1) is 19.2. The second-order valence-electron chi connectivity index (χ2n) is 11.7. The fourth-order valence-corrected chi connectivity index (χ4v) is 7.47. The SMILES string of the molecule is CC.CCC(c1ccc(-c2c(C)cc(C)cc2C)cc1)(c1ccc(-c2c(C)cc(C)cc2C)cc1)C1CCCN1. The molecule has 0 saturated carbocycles. The van der Waals surface area contributed by atoms with Gasteiger partial charge in [-0.15, -0.1) is 0 Å². The molecule has 1 fully saturated rings. The van der Waals surface area contributed by atoms with Crippen LogP contribution in [0.4, 0.5) is 0 Å². The van der Waals surface area contributed by atoms with E-state index >= 15 is 0 Å². The normalized spacial score (nSPS) is 15.1. The van der Waals surface area contributed by atoms with Crippen molar-refractivity contribution in [2.45, 2.75) is 93.0 Å². The highest BCUT2D eigenvalue weighted by atomic mass is 15.0. The molecule has 40 heavy (non-hydrogen) atoms. The van der Waals surface area contributed by atoms with Gasteiger partial charge in [0.1, 0.15) is 0 Å². The summed E-state index contributed by atoms with van der Waals surface area (Å²) in [6.45, 7) is 20.8. The lowest BCUT2D eigenvalue weighted by molar-refractivity contribution is 0.364. The molecule has 1 atom stereocenters. The molecule has 0 aliphatic carbocycles. The number of hydrogen-bond donors (Lipinski definition) is 1. The van der Waals surface area contributed by atoms with E-state index in [-0.39, 0.29) is 5.41 Å². The van der Waals surface area contributed by atoms with E-state index < -0.39 is 0 Å². The summed E-state index contributed by atoms with van der Waals surface area (Å²) >= 11 is 0. The van der Waals surface area contributed by atoms with E-state index in [9.17, 15) is 0 Å². The van der Waals surface area contributed by atoms with Crippen LogP contribution in [0.3, 0.4) is 0 Å². The van der Waals surface area contributed by atoms with E-state index in [4.69, 9.17) is 0 Å². The average molecular weight is 532 g/mol. The van der Waals surface area contributed by atoms with E-state index in [1.54, 1.807) is 0 Å². The van der Waals surface area contributed by atoms with Crippen molar-refractivity contribution in [1.29, 1.82) is 0 Å². The van der Waals surface area contributed by atoms with Gasteiger partial charge in [0.05, 0.1) is 0 Å². The van der Waals surface area contributed by atoms with Crippen molar-refractivity contribution < 1.29 is 0 Å². The van der Waals surface area contributed by atoms with Crippen LogP contribution in [0, 0.1) is 41.5 Å². The molecule has 0 radical (unpaired) electrons. The predicted octanol–water partition coefficient (Wildman–Crippen LogP) is 10.3. The maximum Gasteiger partial charge on any atom is 0.0353 e. The van der Waals surface area contributed by atoms with Crippen LogP contribution in [0.5, 0.6) is 0 Å². The molecule has 1 heterocycles. The highest BCUT2D eigenvalue weighted by Gasteiger charge is 2.41. The molecule has 0 amide bonds. The lowest BCUT2D eigenvalue weighted by atomic mass is 9.66. The third-order valence-electron chi connectivity index (χ3n) is 8.94. The van der Waals surface area contributed by atoms with Crippen LogP contribution in [0.25, 0.3) is 22.3 Å². The van der Waals surface area contributed by atoms with Gasteiger partial charge < -0.3 is 5.32 Å². The van der Waals surface area contributed by atoms with Gasteiger partial charge in [0.25, 0.3) is 0 Å². The number of rotatable bonds is 6. The van der Waals surface area contributed by atoms with E-state index in [1.165, 1.54) is 79.6 Å². The monoisotopic (exact) mass is 531 g/mol. The summed E-state index contributed by atoms with van der Waals surface area (Å²) in [5, 5.41) is 3.89. The van der Waals surface area contributed by atoms with E-state index in [0.29, 0.717) is 6.04 Å². The van der Waals surface area contributed by atoms with Crippen molar-refractivity contribution in [3.8, 4) is 22.3 Å². The average Bonchev–Trinajstić information content (AvgIpc) is 3.46. The second-order valence-corrected chi connectivity index (χ2v) is 11.7. The number of benzene rings is 4. The van der Waals surface area contributed by atoms with Crippen molar-refractivity contribution in [2.24, 2.45) is 0 Å². The molecule has 210 valence electrons. The van der Waals surface area contributed by atoms with Crippen LogP contribution in [-0.2, 0) is 5.41 Å². The van der Waals surface area contributed by atoms with Gasteiger partial charge in [-0.05, 0) is 123 Å². The Labute approximate surface area is 244 Å². The standard InChI is InChI=1S/C37H43N.C2H6/c1-8-37(34-10-9-19-38-34,32-15-11-30(12-16-32)35-26(4)20-24(2)21-27(35)5)33-17-13-31(14-18-33)36-28(6)22-25(3)23-29(36)7;1-2/h11-18,20-23,34,38H,8-10,19H2,1-7H3;1-2H3. The van der Waals surface area contributed by atoms with Crippen molar-refractivity contribution in [1.82, 2.24) is 5.32 Å². The molecule has 5 rings (SSSR count). The highest BCUT2D eigenvalue weighted by molar-refractivity contribution is 5.73. The summed E-state index contributed by atoms with van der Waals surface area (Å²) in [5.41, 5.74) is 16.2. The molecule has 0 bridgehead atoms. The van der Waals surface area contributed by atoms with Gasteiger partial charge >= 0.3 is 0 Å². The lowest BCUT2D eigenvalue weighted by Crippen LogP contribution is -2.45. The molecular weight excluding hydrogens is 482 g/mol. The minimum absolute atomic E-state index is 0.0533. The van der Waals surface area contributed by atoms with Crippen LogP contribution < -0.4 is 5.32 Å². The quantitative estimate of drug-likeness (QED) is 0.261. The zero-order valence-electron chi connectivity index (χ0n) is 26.3. The first-order valence-electron chi connectivity index (χ1n) is 15.4. The van der Waals surface area contributed by atoms with Gasteiger partial charge in [-0.3, -0.25) is 0 Å². The summed E-state index contributed by atoms with van der Waals surface area (Å²) < 4.78 is 0. The van der Waals surface area contributed by atoms with Crippen molar-refractivity contribution >= 4 is 0 Å². The van der Waals surface area contributed by atoms with Crippen molar-refractivity contribution in [2.75, 3.05) is 6.54 Å². The van der Waals surface area contributed by atoms with Crippen LogP contribution in [0.15, 0.2) is 72.8 Å². The molecule has 1 heteroatoms. The minimum atomic E-state index is -0.0533. The van der Waals surface area contributed by atoms with Gasteiger partial charge in [0, 0.05) is 11.5 Å². The maximum absolute atomic E-state index is 3.89. The molecule has 1 N–H and O–H groups in total. The third kappa shape index (κ3) is 5.54. The third-order valence-corrected chi connectivity index (χ3v) is 8.94. The molecular formula is C39H49N. The Balaban J connectivity index is 0.00000181. The summed E-state index contributed by atoms with van der Waals surface area (Å²) in [6.07, 6.45) is 3.52. The van der Waals surface area contributed by atoms with Gasteiger partial charge in [-0.25, -0.2) is 0 Å². The van der Waals surface area contributed by atoms with Gasteiger partial charge in [0.2, 0.25) is 0 Å². The number of aryl methyl sites for hydroxylation is 6. The molecule has 1 aliphatic rings. The Morgan fingerprint density at radius 2 is 1.00 bits per heavy atom. The Morgan fingerprint density at radius 3 is 1.30 bits per heavy atom. The molecule has 1 unspecified atom stereocenters. The fraction of sp³-hybridized carbons (Fsp3) is 0.385. The van der Waals surface area contributed by atoms with Crippen LogP contribution in [0.2, 0.25) is 0 Å². The first kappa shape index (κ1) is 29.8. The Morgan fingerprint density at radius 1 is 0.625 bits per heavy atom. The Hall–Kier alpha value is -3.16. The fourth-order valence-electron chi connectivity index (χ4n) is 7.47. The predicted molar refractivity (Wildman–Crippen MR) is 176 cm³/mol. The molecule has 4 aromatic carbocycles. The van der Waals surface area contributed by atoms with Crippen LogP contribution >= 0.6 is 0 Å². The molecule has 0 spiro atoms. The minimum Gasteiger partial charge on any atom is -0.313 e. The number of hydrogen-bond acceptors (Lipinski definition) is 1. The summed E-state index contributed by atoms with van der Waals surface area (Å²) in [4.78, 5) is 0. The van der Waals surface area contributed by atoms with E-state index in [0.717, 1.165) is 13.0 Å². The first-order valence-corrected chi connectivity index (χ1v) is 15.4. The summed E-state index contributed by atoms with van der Waals surface area (Å²) in [5.74, 6) is 0. The lowest BCUT2D eigenvalue weighted by Gasteiger charge is -2.40. The van der Waals surface area contributed by atoms with Crippen molar-refractivity contribution in [3.63, 3.8) is 0 Å². The van der Waals surface area contributed by atoms with Gasteiger partial charge in [0.15, 0.2) is 0 Å². The van der Waals surface area contributed by atoms with Crippen LogP contribution in [-0.4, -0.2) is 12.6 Å².